The first-order chi connectivity index (χ1) is 13.5. The molecule has 0 unspecified atom stereocenters. The van der Waals surface area contributed by atoms with Crippen LogP contribution < -0.4 is 0 Å². The number of benzene rings is 2. The number of hydrogen-bond donors (Lipinski definition) is 0. The average Bonchev–Trinajstić information content (AvgIpc) is 2.67. The molecule has 0 N–H and O–H groups in total. The molecule has 2 aromatic carbocycles. The van der Waals surface area contributed by atoms with E-state index in [0.29, 0.717) is 6.07 Å². The second kappa shape index (κ2) is 8.14. The lowest BCUT2D eigenvalue weighted by atomic mass is 10.2. The third kappa shape index (κ3) is 4.53. The van der Waals surface area contributed by atoms with Crippen LogP contribution in [-0.2, 0) is 16.2 Å². The number of nitrogens with zero attached hydrogens (tertiary/aromatic N) is 2. The lowest BCUT2D eigenvalue weighted by Gasteiger charge is -2.34. The minimum atomic E-state index is -4.65. The molecule has 1 heterocycles. The number of halogens is 5. The first kappa shape index (κ1) is 21.9. The van der Waals surface area contributed by atoms with Gasteiger partial charge >= 0.3 is 6.18 Å². The summed E-state index contributed by atoms with van der Waals surface area (Å²) in [4.78, 5) is 13.7. The van der Waals surface area contributed by atoms with Crippen molar-refractivity contribution in [3.8, 4) is 0 Å². The number of hydrogen-bond acceptors (Lipinski definition) is 3. The van der Waals surface area contributed by atoms with Crippen molar-refractivity contribution in [1.29, 1.82) is 0 Å². The maximum absolute atomic E-state index is 12.9. The Hall–Kier alpha value is -1.81. The third-order valence-electron chi connectivity index (χ3n) is 4.50. The van der Waals surface area contributed by atoms with E-state index in [9.17, 15) is 26.4 Å². The third-order valence-corrected chi connectivity index (χ3v) is 7.03. The summed E-state index contributed by atoms with van der Waals surface area (Å²) in [7, 11) is -4.13. The number of amides is 1. The van der Waals surface area contributed by atoms with Crippen LogP contribution in [0, 0.1) is 0 Å². The Morgan fingerprint density at radius 2 is 1.48 bits per heavy atom. The molecule has 0 aromatic heterocycles. The molecular formula is C18H15Cl2F3N2O3S. The zero-order valence-corrected chi connectivity index (χ0v) is 17.1. The van der Waals surface area contributed by atoms with Crippen molar-refractivity contribution in [3.05, 3.63) is 63.6 Å². The quantitative estimate of drug-likeness (QED) is 0.682. The molecule has 0 saturated carbocycles. The number of alkyl halides is 3. The van der Waals surface area contributed by atoms with Crippen LogP contribution in [0.2, 0.25) is 10.0 Å². The largest absolute Gasteiger partial charge is 0.416 e. The molecule has 29 heavy (non-hydrogen) atoms. The summed E-state index contributed by atoms with van der Waals surface area (Å²) < 4.78 is 65.2. The summed E-state index contributed by atoms with van der Waals surface area (Å²) in [6.07, 6.45) is -4.65. The van der Waals surface area contributed by atoms with E-state index in [2.05, 4.69) is 0 Å². The van der Waals surface area contributed by atoms with Crippen LogP contribution in [0.3, 0.4) is 0 Å². The second-order valence-corrected chi connectivity index (χ2v) is 9.07. The molecule has 1 amide bonds. The van der Waals surface area contributed by atoms with Crippen molar-refractivity contribution < 1.29 is 26.4 Å². The Balaban J connectivity index is 1.76. The highest BCUT2D eigenvalue weighted by atomic mass is 35.5. The molecule has 0 aliphatic carbocycles. The minimum absolute atomic E-state index is 0.0541. The average molecular weight is 467 g/mol. The van der Waals surface area contributed by atoms with E-state index in [-0.39, 0.29) is 41.8 Å². The fraction of sp³-hybridized carbons (Fsp3) is 0.278. The predicted octanol–water partition coefficient (Wildman–Crippen LogP) is 4.16. The van der Waals surface area contributed by atoms with Gasteiger partial charge in [0, 0.05) is 26.2 Å². The van der Waals surface area contributed by atoms with Crippen molar-refractivity contribution >= 4 is 39.1 Å². The van der Waals surface area contributed by atoms with Gasteiger partial charge in [0.1, 0.15) is 0 Å². The van der Waals surface area contributed by atoms with E-state index in [1.165, 1.54) is 17.0 Å². The summed E-state index contributed by atoms with van der Waals surface area (Å²) in [5.74, 6) is -0.434. The van der Waals surface area contributed by atoms with Gasteiger partial charge in [-0.2, -0.15) is 17.5 Å². The fourth-order valence-electron chi connectivity index (χ4n) is 2.97. The topological polar surface area (TPSA) is 57.7 Å². The van der Waals surface area contributed by atoms with Crippen molar-refractivity contribution in [2.45, 2.75) is 11.1 Å². The van der Waals surface area contributed by atoms with Gasteiger partial charge in [0.25, 0.3) is 5.91 Å². The predicted molar refractivity (Wildman–Crippen MR) is 103 cm³/mol. The van der Waals surface area contributed by atoms with E-state index in [4.69, 9.17) is 23.2 Å². The van der Waals surface area contributed by atoms with Gasteiger partial charge < -0.3 is 4.90 Å². The van der Waals surface area contributed by atoms with Crippen LogP contribution in [0.4, 0.5) is 13.2 Å². The first-order valence-electron chi connectivity index (χ1n) is 8.42. The van der Waals surface area contributed by atoms with E-state index < -0.39 is 32.6 Å². The summed E-state index contributed by atoms with van der Waals surface area (Å²) in [6.45, 7) is -0.0179. The van der Waals surface area contributed by atoms with Crippen LogP contribution in [-0.4, -0.2) is 49.7 Å². The number of rotatable bonds is 3. The van der Waals surface area contributed by atoms with Gasteiger partial charge in [-0.15, -0.1) is 0 Å². The highest BCUT2D eigenvalue weighted by Crippen LogP contribution is 2.31. The van der Waals surface area contributed by atoms with Crippen molar-refractivity contribution in [1.82, 2.24) is 9.21 Å². The van der Waals surface area contributed by atoms with Gasteiger partial charge in [0.2, 0.25) is 10.0 Å². The van der Waals surface area contributed by atoms with Crippen LogP contribution in [0.1, 0.15) is 15.9 Å². The van der Waals surface area contributed by atoms with Crippen molar-refractivity contribution in [3.63, 3.8) is 0 Å². The molecule has 1 aliphatic rings. The van der Waals surface area contributed by atoms with Crippen molar-refractivity contribution in [2.75, 3.05) is 26.2 Å². The number of piperazine rings is 1. The van der Waals surface area contributed by atoms with Gasteiger partial charge in [0.05, 0.1) is 26.1 Å². The maximum atomic E-state index is 12.9. The molecule has 156 valence electrons. The van der Waals surface area contributed by atoms with E-state index in [0.717, 1.165) is 22.5 Å². The fourth-order valence-corrected chi connectivity index (χ4v) is 5.00. The summed E-state index contributed by atoms with van der Waals surface area (Å²) in [6, 6.07) is 8.23. The molecule has 5 nitrogen and oxygen atoms in total. The molecule has 0 bridgehead atoms. The highest BCUT2D eigenvalue weighted by molar-refractivity contribution is 7.89. The number of carbonyl (C=O) groups excluding carboxylic acids is 1. The van der Waals surface area contributed by atoms with Crippen LogP contribution >= 0.6 is 23.2 Å². The number of sulfonamides is 1. The Labute approximate surface area is 175 Å². The van der Waals surface area contributed by atoms with E-state index in [1.807, 2.05) is 0 Å². The lowest BCUT2D eigenvalue weighted by molar-refractivity contribution is -0.137. The molecular weight excluding hydrogens is 452 g/mol. The maximum Gasteiger partial charge on any atom is 0.416 e. The van der Waals surface area contributed by atoms with Crippen molar-refractivity contribution in [2.24, 2.45) is 0 Å². The first-order valence-corrected chi connectivity index (χ1v) is 10.6. The Kier molecular flexibility index (Phi) is 6.14. The second-order valence-electron chi connectivity index (χ2n) is 6.32. The van der Waals surface area contributed by atoms with Crippen LogP contribution in [0.15, 0.2) is 47.4 Å². The van der Waals surface area contributed by atoms with Gasteiger partial charge in [0.15, 0.2) is 0 Å². The zero-order chi connectivity index (χ0) is 21.4. The smallest absolute Gasteiger partial charge is 0.336 e. The minimum Gasteiger partial charge on any atom is -0.336 e. The molecule has 0 atom stereocenters. The molecule has 0 radical (unpaired) electrons. The molecule has 2 aromatic rings. The monoisotopic (exact) mass is 466 g/mol. The zero-order valence-electron chi connectivity index (χ0n) is 14.8. The molecule has 0 spiro atoms. The van der Waals surface area contributed by atoms with Crippen LogP contribution in [0.5, 0.6) is 0 Å². The Morgan fingerprint density at radius 1 is 0.931 bits per heavy atom. The Morgan fingerprint density at radius 3 is 2.03 bits per heavy atom. The standard InChI is InChI=1S/C18H15Cl2F3N2O3S/c19-14-5-2-6-15(20)16(14)17(26)24-7-9-25(10-8-24)29(27,28)13-4-1-3-12(11-13)18(21,22)23/h1-6,11H,7-10H2. The lowest BCUT2D eigenvalue weighted by Crippen LogP contribution is -2.50. The molecule has 1 aliphatic heterocycles. The van der Waals surface area contributed by atoms with Crippen LogP contribution in [0.25, 0.3) is 0 Å². The normalized spacial score (nSPS) is 16.1. The Bertz CT molecular complexity index is 1020. The summed E-state index contributed by atoms with van der Waals surface area (Å²) in [5, 5.41) is 0.364. The van der Waals surface area contributed by atoms with Gasteiger partial charge in [-0.3, -0.25) is 4.79 Å². The molecule has 1 fully saturated rings. The summed E-state index contributed by atoms with van der Waals surface area (Å²) >= 11 is 12.1. The highest BCUT2D eigenvalue weighted by Gasteiger charge is 2.35. The van der Waals surface area contributed by atoms with Gasteiger partial charge in [-0.1, -0.05) is 35.3 Å². The number of carbonyl (C=O) groups is 1. The SMILES string of the molecule is O=C(c1c(Cl)cccc1Cl)N1CCN(S(=O)(=O)c2cccc(C(F)(F)F)c2)CC1. The molecule has 11 heteroatoms. The molecule has 3 rings (SSSR count). The van der Waals surface area contributed by atoms with E-state index >= 15 is 0 Å². The summed E-state index contributed by atoms with van der Waals surface area (Å²) in [5.41, 5.74) is -0.911. The molecule has 1 saturated heterocycles. The van der Waals surface area contributed by atoms with Gasteiger partial charge in [-0.25, -0.2) is 8.42 Å². The van der Waals surface area contributed by atoms with Gasteiger partial charge in [-0.05, 0) is 30.3 Å². The van der Waals surface area contributed by atoms with E-state index in [1.54, 1.807) is 6.07 Å².